The third-order valence-corrected chi connectivity index (χ3v) is 5.72. The number of hydrazine groups is 1. The molecule has 162 valence electrons. The Morgan fingerprint density at radius 1 is 1.06 bits per heavy atom. The highest BCUT2D eigenvalue weighted by Crippen LogP contribution is 2.27. The van der Waals surface area contributed by atoms with Gasteiger partial charge in [-0.05, 0) is 55.5 Å². The minimum atomic E-state index is -0.809. The quantitative estimate of drug-likeness (QED) is 0.585. The largest absolute Gasteiger partial charge is 0.497 e. The molecule has 32 heavy (non-hydrogen) atoms. The maximum Gasteiger partial charge on any atom is 0.304 e. The number of carbonyl (C=O) groups excluding carboxylic acids is 2. The summed E-state index contributed by atoms with van der Waals surface area (Å²) in [4.78, 5) is 25.8. The van der Waals surface area contributed by atoms with E-state index >= 15 is 0 Å². The molecule has 2 N–H and O–H groups in total. The van der Waals surface area contributed by atoms with Crippen molar-refractivity contribution in [3.63, 3.8) is 0 Å². The molecule has 7 heteroatoms. The van der Waals surface area contributed by atoms with Gasteiger partial charge in [-0.2, -0.15) is 0 Å². The standard InChI is InChI=1S/C25H22ClN3O3/c1-16-7-9-18(10-8-16)24(30)27-22-23(17-11-13-20(32-2)14-12-17)29(28-25(22)31)15-19-5-3-4-6-21(19)26/h3-15,22-23H,1-2H3,(H-,27,28,30,31)/p+1/b29-15-/t22-,23-/m0/s1. The number of amides is 2. The van der Waals surface area contributed by atoms with E-state index in [4.69, 9.17) is 16.3 Å². The van der Waals surface area contributed by atoms with Crippen LogP contribution >= 0.6 is 11.6 Å². The highest BCUT2D eigenvalue weighted by atomic mass is 35.5. The molecule has 1 aliphatic heterocycles. The first-order valence-electron chi connectivity index (χ1n) is 10.2. The number of ether oxygens (including phenoxy) is 1. The summed E-state index contributed by atoms with van der Waals surface area (Å²) in [5.41, 5.74) is 5.98. The van der Waals surface area contributed by atoms with Crippen molar-refractivity contribution in [1.29, 1.82) is 0 Å². The van der Waals surface area contributed by atoms with Crippen molar-refractivity contribution in [3.8, 4) is 5.75 Å². The lowest BCUT2D eigenvalue weighted by Crippen LogP contribution is -2.42. The minimum Gasteiger partial charge on any atom is -0.497 e. The Balaban J connectivity index is 1.71. The molecule has 0 bridgehead atoms. The van der Waals surface area contributed by atoms with Crippen molar-refractivity contribution in [2.24, 2.45) is 0 Å². The molecule has 0 unspecified atom stereocenters. The van der Waals surface area contributed by atoms with Gasteiger partial charge in [0.1, 0.15) is 5.75 Å². The second-order valence-corrected chi connectivity index (χ2v) is 7.98. The predicted octanol–water partition coefficient (Wildman–Crippen LogP) is 3.67. The topological polar surface area (TPSA) is 70.4 Å². The number of benzene rings is 3. The summed E-state index contributed by atoms with van der Waals surface area (Å²) < 4.78 is 6.94. The second-order valence-electron chi connectivity index (χ2n) is 7.57. The number of aryl methyl sites for hydroxylation is 1. The molecule has 1 heterocycles. The van der Waals surface area contributed by atoms with Crippen LogP contribution in [-0.2, 0) is 4.79 Å². The molecule has 0 radical (unpaired) electrons. The number of rotatable bonds is 5. The SMILES string of the molecule is COc1ccc([C@H]2[C@H](NC(=O)c3ccc(C)cc3)C(=O)N/[N+]2=C\c2ccccc2Cl)cc1. The van der Waals surface area contributed by atoms with E-state index < -0.39 is 12.1 Å². The predicted molar refractivity (Wildman–Crippen MR) is 123 cm³/mol. The average Bonchev–Trinajstić information content (AvgIpc) is 3.10. The van der Waals surface area contributed by atoms with Crippen LogP contribution in [0, 0.1) is 6.92 Å². The number of halogens is 1. The molecule has 0 spiro atoms. The summed E-state index contributed by atoms with van der Waals surface area (Å²) >= 11 is 6.33. The molecule has 2 atom stereocenters. The summed E-state index contributed by atoms with van der Waals surface area (Å²) in [6.45, 7) is 1.95. The number of nitrogens with zero attached hydrogens (tertiary/aromatic N) is 1. The lowest BCUT2D eigenvalue weighted by Gasteiger charge is -2.15. The molecule has 0 aromatic heterocycles. The van der Waals surface area contributed by atoms with E-state index in [2.05, 4.69) is 10.7 Å². The normalized spacial score (nSPS) is 19.0. The van der Waals surface area contributed by atoms with Crippen LogP contribution in [0.3, 0.4) is 0 Å². The number of hydrogen-bond acceptors (Lipinski definition) is 3. The second kappa shape index (κ2) is 9.24. The van der Waals surface area contributed by atoms with Gasteiger partial charge >= 0.3 is 5.91 Å². The van der Waals surface area contributed by atoms with E-state index in [9.17, 15) is 9.59 Å². The van der Waals surface area contributed by atoms with Crippen molar-refractivity contribution < 1.29 is 19.0 Å². The van der Waals surface area contributed by atoms with Crippen molar-refractivity contribution in [2.45, 2.75) is 19.0 Å². The third-order valence-electron chi connectivity index (χ3n) is 5.38. The van der Waals surface area contributed by atoms with Gasteiger partial charge in [0.25, 0.3) is 5.91 Å². The first kappa shape index (κ1) is 21.6. The maximum atomic E-state index is 12.9. The Hall–Kier alpha value is -3.64. The van der Waals surface area contributed by atoms with E-state index in [1.54, 1.807) is 36.2 Å². The van der Waals surface area contributed by atoms with E-state index in [1.165, 1.54) is 0 Å². The maximum absolute atomic E-state index is 12.9. The minimum absolute atomic E-state index is 0.311. The monoisotopic (exact) mass is 448 g/mol. The number of carbonyl (C=O) groups is 2. The van der Waals surface area contributed by atoms with Gasteiger partial charge in [-0.3, -0.25) is 9.59 Å². The van der Waals surface area contributed by atoms with Crippen LogP contribution in [0.2, 0.25) is 5.02 Å². The zero-order chi connectivity index (χ0) is 22.7. The summed E-state index contributed by atoms with van der Waals surface area (Å²) in [5, 5.41) is 3.45. The average molecular weight is 449 g/mol. The Bertz CT molecular complexity index is 1170. The fourth-order valence-corrected chi connectivity index (χ4v) is 3.83. The van der Waals surface area contributed by atoms with Gasteiger partial charge in [-0.1, -0.05) is 41.4 Å². The van der Waals surface area contributed by atoms with E-state index in [1.807, 2.05) is 61.5 Å². The van der Waals surface area contributed by atoms with E-state index in [-0.39, 0.29) is 11.8 Å². The van der Waals surface area contributed by atoms with Crippen LogP contribution in [0.5, 0.6) is 5.75 Å². The lowest BCUT2D eigenvalue weighted by molar-refractivity contribution is -0.596. The highest BCUT2D eigenvalue weighted by molar-refractivity contribution is 6.32. The molecule has 1 aliphatic rings. The summed E-state index contributed by atoms with van der Waals surface area (Å²) in [5.74, 6) is 0.0748. The van der Waals surface area contributed by atoms with Gasteiger partial charge in [0.05, 0.1) is 17.7 Å². The summed E-state index contributed by atoms with van der Waals surface area (Å²) in [6.07, 6.45) is 1.77. The smallest absolute Gasteiger partial charge is 0.304 e. The van der Waals surface area contributed by atoms with Crippen molar-refractivity contribution in [1.82, 2.24) is 10.7 Å². The van der Waals surface area contributed by atoms with Crippen LogP contribution in [0.4, 0.5) is 0 Å². The van der Waals surface area contributed by atoms with Gasteiger partial charge in [-0.15, -0.1) is 10.1 Å². The zero-order valence-corrected chi connectivity index (χ0v) is 18.5. The molecule has 3 aromatic rings. The van der Waals surface area contributed by atoms with Crippen LogP contribution in [0.15, 0.2) is 72.8 Å². The zero-order valence-electron chi connectivity index (χ0n) is 17.7. The molecular weight excluding hydrogens is 426 g/mol. The van der Waals surface area contributed by atoms with Crippen molar-refractivity contribution in [3.05, 3.63) is 100 Å². The Morgan fingerprint density at radius 3 is 2.41 bits per heavy atom. The molecule has 1 fully saturated rings. The summed E-state index contributed by atoms with van der Waals surface area (Å²) in [6, 6.07) is 20.7. The number of nitrogens with one attached hydrogen (secondary N) is 2. The Morgan fingerprint density at radius 2 is 1.75 bits per heavy atom. The molecule has 3 aromatic carbocycles. The Kier molecular flexibility index (Phi) is 6.23. The molecule has 6 nitrogen and oxygen atoms in total. The Labute approximate surface area is 191 Å². The molecule has 2 amide bonds. The van der Waals surface area contributed by atoms with Crippen LogP contribution in [0.25, 0.3) is 0 Å². The van der Waals surface area contributed by atoms with Crippen LogP contribution in [-0.4, -0.2) is 35.9 Å². The molecule has 0 aliphatic carbocycles. The molecule has 0 saturated carbocycles. The third kappa shape index (κ3) is 4.50. The fraction of sp³-hybridized carbons (Fsp3) is 0.160. The molecule has 4 rings (SSSR count). The van der Waals surface area contributed by atoms with Crippen LogP contribution in [0.1, 0.15) is 33.1 Å². The highest BCUT2D eigenvalue weighted by Gasteiger charge is 2.47. The van der Waals surface area contributed by atoms with Gasteiger partial charge in [0.2, 0.25) is 12.3 Å². The number of hydrazone groups is 1. The first-order valence-corrected chi connectivity index (χ1v) is 10.5. The molecule has 1 saturated heterocycles. The van der Waals surface area contributed by atoms with Gasteiger partial charge in [0, 0.05) is 11.1 Å². The first-order chi connectivity index (χ1) is 15.5. The molecular formula is C25H23ClN3O3+. The summed E-state index contributed by atoms with van der Waals surface area (Å²) in [7, 11) is 1.59. The van der Waals surface area contributed by atoms with Gasteiger partial charge in [-0.25, -0.2) is 0 Å². The fourth-order valence-electron chi connectivity index (χ4n) is 3.64. The lowest BCUT2D eigenvalue weighted by atomic mass is 9.99. The van der Waals surface area contributed by atoms with E-state index in [0.29, 0.717) is 16.3 Å². The number of hydrogen-bond donors (Lipinski definition) is 2. The number of methoxy groups -OCH3 is 1. The van der Waals surface area contributed by atoms with Gasteiger partial charge < -0.3 is 10.1 Å². The van der Waals surface area contributed by atoms with E-state index in [0.717, 1.165) is 16.7 Å². The van der Waals surface area contributed by atoms with Crippen LogP contribution < -0.4 is 15.5 Å². The van der Waals surface area contributed by atoms with Crippen molar-refractivity contribution in [2.75, 3.05) is 7.11 Å². The van der Waals surface area contributed by atoms with Crippen molar-refractivity contribution >= 4 is 29.6 Å². The van der Waals surface area contributed by atoms with Gasteiger partial charge in [0.15, 0.2) is 6.04 Å².